The molecular formula is C12H15ClO. The molecule has 1 aliphatic carbocycles. The van der Waals surface area contributed by atoms with Gasteiger partial charge in [-0.2, -0.15) is 0 Å². The zero-order valence-corrected chi connectivity index (χ0v) is 9.14. The molecule has 0 bridgehead atoms. The predicted octanol–water partition coefficient (Wildman–Crippen LogP) is 2.96. The second-order valence-corrected chi connectivity index (χ2v) is 4.84. The molecule has 14 heavy (non-hydrogen) atoms. The molecule has 1 aromatic rings. The van der Waals surface area contributed by atoms with E-state index in [1.54, 1.807) is 0 Å². The minimum absolute atomic E-state index is 0.150. The third-order valence-electron chi connectivity index (χ3n) is 3.06. The number of hydrogen-bond acceptors (Lipinski definition) is 1. The molecule has 1 saturated carbocycles. The van der Waals surface area contributed by atoms with Crippen LogP contribution < -0.4 is 0 Å². The first-order valence-corrected chi connectivity index (χ1v) is 5.39. The highest BCUT2D eigenvalue weighted by Gasteiger charge is 2.42. The van der Waals surface area contributed by atoms with Crippen molar-refractivity contribution in [2.75, 3.05) is 6.61 Å². The van der Waals surface area contributed by atoms with Crippen LogP contribution in [0.5, 0.6) is 0 Å². The van der Waals surface area contributed by atoms with Crippen molar-refractivity contribution in [1.29, 1.82) is 0 Å². The first-order chi connectivity index (χ1) is 6.65. The van der Waals surface area contributed by atoms with Gasteiger partial charge in [0.05, 0.1) is 0 Å². The molecule has 1 nitrogen and oxygen atoms in total. The van der Waals surface area contributed by atoms with E-state index in [1.807, 2.05) is 12.1 Å². The van der Waals surface area contributed by atoms with Crippen molar-refractivity contribution in [2.24, 2.45) is 5.41 Å². The molecule has 1 N–H and O–H groups in total. The Labute approximate surface area is 89.7 Å². The second kappa shape index (κ2) is 3.56. The Kier molecular flexibility index (Phi) is 2.54. The van der Waals surface area contributed by atoms with E-state index in [4.69, 9.17) is 11.6 Å². The van der Waals surface area contributed by atoms with E-state index < -0.39 is 0 Å². The monoisotopic (exact) mass is 210 g/mol. The highest BCUT2D eigenvalue weighted by Crippen LogP contribution is 2.48. The van der Waals surface area contributed by atoms with E-state index in [2.05, 4.69) is 13.0 Å². The van der Waals surface area contributed by atoms with Crippen molar-refractivity contribution < 1.29 is 5.11 Å². The fraction of sp³-hybridized carbons (Fsp3) is 0.500. The fourth-order valence-corrected chi connectivity index (χ4v) is 1.99. The summed E-state index contributed by atoms with van der Waals surface area (Å²) in [5, 5.41) is 10.1. The number of aryl methyl sites for hydroxylation is 1. The number of aliphatic hydroxyl groups is 1. The SMILES string of the molecule is Cc1ccc(Cl)c(CC2(CO)CC2)c1. The third-order valence-corrected chi connectivity index (χ3v) is 3.43. The maximum Gasteiger partial charge on any atom is 0.0490 e. The highest BCUT2D eigenvalue weighted by atomic mass is 35.5. The zero-order valence-electron chi connectivity index (χ0n) is 8.39. The topological polar surface area (TPSA) is 20.2 Å². The van der Waals surface area contributed by atoms with E-state index in [9.17, 15) is 5.11 Å². The Balaban J connectivity index is 2.20. The van der Waals surface area contributed by atoms with Crippen LogP contribution in [0.2, 0.25) is 5.02 Å². The lowest BCUT2D eigenvalue weighted by molar-refractivity contribution is 0.211. The van der Waals surface area contributed by atoms with Gasteiger partial charge in [-0.1, -0.05) is 29.3 Å². The number of aliphatic hydroxyl groups excluding tert-OH is 1. The minimum atomic E-state index is 0.150. The lowest BCUT2D eigenvalue weighted by Gasteiger charge is -2.13. The van der Waals surface area contributed by atoms with Crippen molar-refractivity contribution in [1.82, 2.24) is 0 Å². The molecule has 1 fully saturated rings. The predicted molar refractivity (Wildman–Crippen MR) is 58.6 cm³/mol. The van der Waals surface area contributed by atoms with Crippen LogP contribution in [0.3, 0.4) is 0 Å². The van der Waals surface area contributed by atoms with E-state index in [1.165, 1.54) is 11.1 Å². The van der Waals surface area contributed by atoms with E-state index in [0.29, 0.717) is 0 Å². The lowest BCUT2D eigenvalue weighted by atomic mass is 9.96. The molecule has 0 atom stereocenters. The number of benzene rings is 1. The van der Waals surface area contributed by atoms with Crippen molar-refractivity contribution in [3.8, 4) is 0 Å². The summed E-state index contributed by atoms with van der Waals surface area (Å²) in [5.74, 6) is 0. The van der Waals surface area contributed by atoms with Crippen molar-refractivity contribution in [2.45, 2.75) is 26.2 Å². The molecular weight excluding hydrogens is 196 g/mol. The van der Waals surface area contributed by atoms with Crippen LogP contribution in [0.4, 0.5) is 0 Å². The number of halogens is 1. The normalized spacial score (nSPS) is 18.2. The van der Waals surface area contributed by atoms with Crippen LogP contribution in [-0.2, 0) is 6.42 Å². The molecule has 0 unspecified atom stereocenters. The summed E-state index contributed by atoms with van der Waals surface area (Å²) >= 11 is 6.11. The molecule has 1 aromatic carbocycles. The van der Waals surface area contributed by atoms with Gasteiger partial charge in [0.1, 0.15) is 0 Å². The van der Waals surface area contributed by atoms with Crippen LogP contribution in [0.1, 0.15) is 24.0 Å². The van der Waals surface area contributed by atoms with Crippen molar-refractivity contribution >= 4 is 11.6 Å². The summed E-state index contributed by atoms with van der Waals surface area (Å²) in [6.45, 7) is 2.36. The van der Waals surface area contributed by atoms with Crippen LogP contribution in [0, 0.1) is 12.3 Å². The van der Waals surface area contributed by atoms with Gasteiger partial charge in [-0.05, 0) is 43.2 Å². The summed E-state index contributed by atoms with van der Waals surface area (Å²) < 4.78 is 0. The lowest BCUT2D eigenvalue weighted by Crippen LogP contribution is -2.10. The molecule has 0 amide bonds. The largest absolute Gasteiger partial charge is 0.396 e. The van der Waals surface area contributed by atoms with Gasteiger partial charge in [-0.3, -0.25) is 0 Å². The van der Waals surface area contributed by atoms with Crippen LogP contribution in [0.25, 0.3) is 0 Å². The molecule has 2 rings (SSSR count). The summed E-state index contributed by atoms with van der Waals surface area (Å²) in [6.07, 6.45) is 3.19. The van der Waals surface area contributed by atoms with Gasteiger partial charge in [-0.25, -0.2) is 0 Å². The Morgan fingerprint density at radius 1 is 1.43 bits per heavy atom. The number of rotatable bonds is 3. The van der Waals surface area contributed by atoms with E-state index >= 15 is 0 Å². The molecule has 0 radical (unpaired) electrons. The molecule has 76 valence electrons. The summed E-state index contributed by atoms with van der Waals surface area (Å²) in [4.78, 5) is 0. The van der Waals surface area contributed by atoms with Crippen LogP contribution in [0.15, 0.2) is 18.2 Å². The number of hydrogen-bond donors (Lipinski definition) is 1. The second-order valence-electron chi connectivity index (χ2n) is 4.43. The maximum absolute atomic E-state index is 9.23. The van der Waals surface area contributed by atoms with Gasteiger partial charge < -0.3 is 5.11 Å². The third kappa shape index (κ3) is 1.94. The summed E-state index contributed by atoms with van der Waals surface area (Å²) in [5.41, 5.74) is 2.56. The Morgan fingerprint density at radius 2 is 2.14 bits per heavy atom. The smallest absolute Gasteiger partial charge is 0.0490 e. The van der Waals surface area contributed by atoms with Gasteiger partial charge in [0.2, 0.25) is 0 Å². The molecule has 0 aliphatic heterocycles. The Morgan fingerprint density at radius 3 is 2.71 bits per heavy atom. The summed E-state index contributed by atoms with van der Waals surface area (Å²) in [7, 11) is 0. The molecule has 0 saturated heterocycles. The van der Waals surface area contributed by atoms with Gasteiger partial charge in [0.25, 0.3) is 0 Å². The highest BCUT2D eigenvalue weighted by molar-refractivity contribution is 6.31. The molecule has 0 aromatic heterocycles. The first-order valence-electron chi connectivity index (χ1n) is 5.01. The zero-order chi connectivity index (χ0) is 10.2. The van der Waals surface area contributed by atoms with Gasteiger partial charge in [0, 0.05) is 11.6 Å². The molecule has 0 heterocycles. The standard InChI is InChI=1S/C12H15ClO/c1-9-2-3-11(13)10(6-9)7-12(8-14)4-5-12/h2-3,6,14H,4-5,7-8H2,1H3. The first kappa shape index (κ1) is 10.0. The molecule has 2 heteroatoms. The van der Waals surface area contributed by atoms with Gasteiger partial charge in [-0.15, -0.1) is 0 Å². The van der Waals surface area contributed by atoms with Crippen LogP contribution in [-0.4, -0.2) is 11.7 Å². The Bertz CT molecular complexity index is 342. The minimum Gasteiger partial charge on any atom is -0.396 e. The van der Waals surface area contributed by atoms with Crippen molar-refractivity contribution in [3.63, 3.8) is 0 Å². The maximum atomic E-state index is 9.23. The molecule has 0 spiro atoms. The van der Waals surface area contributed by atoms with E-state index in [-0.39, 0.29) is 12.0 Å². The fourth-order valence-electron chi connectivity index (χ4n) is 1.81. The Hall–Kier alpha value is -0.530. The average Bonchev–Trinajstić information content (AvgIpc) is 2.92. The van der Waals surface area contributed by atoms with Gasteiger partial charge >= 0.3 is 0 Å². The van der Waals surface area contributed by atoms with Gasteiger partial charge in [0.15, 0.2) is 0 Å². The average molecular weight is 211 g/mol. The van der Waals surface area contributed by atoms with Crippen LogP contribution >= 0.6 is 11.6 Å². The molecule has 1 aliphatic rings. The van der Waals surface area contributed by atoms with E-state index in [0.717, 1.165) is 24.3 Å². The summed E-state index contributed by atoms with van der Waals surface area (Å²) in [6, 6.07) is 6.09. The quantitative estimate of drug-likeness (QED) is 0.814. The van der Waals surface area contributed by atoms with Crippen molar-refractivity contribution in [3.05, 3.63) is 34.3 Å².